The molecule has 0 spiro atoms. The summed E-state index contributed by atoms with van der Waals surface area (Å²) in [6.07, 6.45) is 0. The number of hydrogen-bond acceptors (Lipinski definition) is 0. The summed E-state index contributed by atoms with van der Waals surface area (Å²) in [6.45, 7) is 0. The van der Waals surface area contributed by atoms with Crippen molar-refractivity contribution in [3.05, 3.63) is 0 Å². The summed E-state index contributed by atoms with van der Waals surface area (Å²) in [5.74, 6) is 0. The van der Waals surface area contributed by atoms with Crippen LogP contribution < -0.4 is 0 Å². The summed E-state index contributed by atoms with van der Waals surface area (Å²) in [7, 11) is 0. The molecule has 14 valence electrons. The van der Waals surface area contributed by atoms with Crippen LogP contribution in [-0.2, 0) is 41.1 Å². The third-order valence-corrected chi connectivity index (χ3v) is 0. The molecule has 0 aliphatic heterocycles. The van der Waals surface area contributed by atoms with Crippen LogP contribution in [0.1, 0.15) is 0 Å². The van der Waals surface area contributed by atoms with Crippen LogP contribution in [0.4, 0.5) is 0 Å². The Morgan fingerprint density at radius 1 is 1.00 bits per heavy atom. The molecule has 0 heterocycles. The van der Waals surface area contributed by atoms with Crippen molar-refractivity contribution in [1.82, 2.24) is 0 Å². The van der Waals surface area contributed by atoms with Crippen molar-refractivity contribution in [2.45, 2.75) is 0 Å². The van der Waals surface area contributed by atoms with Gasteiger partial charge in [0, 0.05) is 0 Å². The van der Waals surface area contributed by atoms with Crippen molar-refractivity contribution in [2.75, 3.05) is 0 Å². The molecule has 0 saturated heterocycles. The molecule has 0 aromatic heterocycles. The zero-order chi connectivity index (χ0) is 0. The van der Waals surface area contributed by atoms with Gasteiger partial charge in [0.15, 0.2) is 0 Å². The van der Waals surface area contributed by atoms with Crippen molar-refractivity contribution in [2.24, 2.45) is 0 Å². The average molecular weight is 210 g/mol. The predicted molar refractivity (Wildman–Crippen MR) is 6.44 cm³/mol. The molecule has 0 aliphatic carbocycles. The van der Waals surface area contributed by atoms with E-state index in [0.29, 0.717) is 0 Å². The van der Waals surface area contributed by atoms with E-state index in [0.717, 1.165) is 0 Å². The van der Waals surface area contributed by atoms with Crippen LogP contribution in [0, 0.1) is 0 Å². The van der Waals surface area contributed by atoms with Gasteiger partial charge in [-0.1, -0.05) is 0 Å². The van der Waals surface area contributed by atoms with Crippen LogP contribution in [-0.4, -0.2) is 45.5 Å². The Balaban J connectivity index is 0. The summed E-state index contributed by atoms with van der Waals surface area (Å²) in [6, 6.07) is 0. The molecule has 0 aromatic carbocycles. The van der Waals surface area contributed by atoms with Gasteiger partial charge < -0.3 is 5.48 Å². The molecule has 0 bridgehead atoms. The maximum Gasteiger partial charge on any atom is 5.00 e. The van der Waals surface area contributed by atoms with Gasteiger partial charge in [0.05, 0.1) is 0 Å². The van der Waals surface area contributed by atoms with Gasteiger partial charge in [-0.15, -0.1) is 0 Å². The topological polar surface area (TPSA) is 28.5 Å². The molecule has 0 aromatic rings. The normalized spacial score (nSPS) is 0. The van der Waals surface area contributed by atoms with Crippen LogP contribution in [0.25, 0.3) is 0 Å². The smallest absolute Gasteiger partial charge is 2.00 e. The molecule has 0 aliphatic rings. The molecule has 4 heavy (non-hydrogen) atoms. The van der Waals surface area contributed by atoms with Crippen molar-refractivity contribution in [1.29, 1.82) is 0 Å². The minimum Gasteiger partial charge on any atom is -2.00 e. The number of rotatable bonds is 0. The Bertz CT molecular complexity index is 8.00. The van der Waals surface area contributed by atoms with Gasteiger partial charge in [-0.25, -0.2) is 0 Å². The monoisotopic (exact) mass is 211 g/mol. The fourth-order valence-electron chi connectivity index (χ4n) is 0. The Labute approximate surface area is 84.8 Å². The SMILES string of the molecule is [Fe+2].[O-2].[Sr+2].[V+5]. The van der Waals surface area contributed by atoms with Gasteiger partial charge in [-0.05, 0) is 0 Å². The zero-order valence-corrected chi connectivity index (χ0v) is 7.89. The minimum atomic E-state index is 0. The molecular weight excluding hydrogens is 210 g/mol. The maximum atomic E-state index is 0. The molecule has 0 atom stereocenters. The first-order valence-electron chi connectivity index (χ1n) is 0. The first-order valence-corrected chi connectivity index (χ1v) is 0. The molecule has 0 radical (unpaired) electrons. The van der Waals surface area contributed by atoms with E-state index >= 15 is 0 Å². The molecule has 0 N–H and O–H groups in total. The zero-order valence-electron chi connectivity index (χ0n) is 1.92. The first kappa shape index (κ1) is 31.1. The second-order valence-corrected chi connectivity index (χ2v) is 0. The standard InChI is InChI=1S/Fe.O.Sr.V/q+2;-2;+2;+5. The summed E-state index contributed by atoms with van der Waals surface area (Å²) in [5.41, 5.74) is 0. The van der Waals surface area contributed by atoms with Gasteiger partial charge in [0.2, 0.25) is 0 Å². The van der Waals surface area contributed by atoms with Crippen molar-refractivity contribution < 1.29 is 41.1 Å². The minimum absolute atomic E-state index is 0. The van der Waals surface area contributed by atoms with Crippen molar-refractivity contribution >= 4 is 45.5 Å². The Morgan fingerprint density at radius 2 is 1.00 bits per heavy atom. The molecule has 0 unspecified atom stereocenters. The summed E-state index contributed by atoms with van der Waals surface area (Å²) in [5, 5.41) is 0. The van der Waals surface area contributed by atoms with Crippen LogP contribution in [0.2, 0.25) is 0 Å². The van der Waals surface area contributed by atoms with E-state index in [-0.39, 0.29) is 86.6 Å². The first-order chi connectivity index (χ1) is 0. The van der Waals surface area contributed by atoms with Gasteiger partial charge in [-0.2, -0.15) is 0 Å². The van der Waals surface area contributed by atoms with E-state index < -0.39 is 0 Å². The third kappa shape index (κ3) is 8.82. The van der Waals surface area contributed by atoms with E-state index in [2.05, 4.69) is 0 Å². The molecule has 0 saturated carbocycles. The number of hydrogen-bond donors (Lipinski definition) is 0. The maximum absolute atomic E-state index is 0. The quantitative estimate of drug-likeness (QED) is 0.482. The van der Waals surface area contributed by atoms with Gasteiger partial charge in [-0.3, -0.25) is 0 Å². The summed E-state index contributed by atoms with van der Waals surface area (Å²) >= 11 is 0. The molecular formula is FeOSrV+7. The van der Waals surface area contributed by atoms with E-state index in [1.54, 1.807) is 0 Å². The fourth-order valence-corrected chi connectivity index (χ4v) is 0. The summed E-state index contributed by atoms with van der Waals surface area (Å²) < 4.78 is 0. The third-order valence-electron chi connectivity index (χ3n) is 0. The predicted octanol–water partition coefficient (Wildman–Crippen LogP) is -0.505. The Hall–Kier alpha value is 2.54. The molecule has 1 nitrogen and oxygen atoms in total. The van der Waals surface area contributed by atoms with Gasteiger partial charge >= 0.3 is 81.1 Å². The Kier molecular flexibility index (Phi) is 137. The van der Waals surface area contributed by atoms with Crippen molar-refractivity contribution in [3.63, 3.8) is 0 Å². The Morgan fingerprint density at radius 3 is 1.00 bits per heavy atom. The second kappa shape index (κ2) is 17.7. The molecule has 0 fully saturated rings. The van der Waals surface area contributed by atoms with E-state index in [1.165, 1.54) is 0 Å². The largest absolute Gasteiger partial charge is 5.00 e. The molecule has 0 amide bonds. The van der Waals surface area contributed by atoms with Crippen LogP contribution in [0.5, 0.6) is 0 Å². The van der Waals surface area contributed by atoms with E-state index in [9.17, 15) is 0 Å². The van der Waals surface area contributed by atoms with E-state index in [4.69, 9.17) is 0 Å². The van der Waals surface area contributed by atoms with Crippen molar-refractivity contribution in [3.8, 4) is 0 Å². The summed E-state index contributed by atoms with van der Waals surface area (Å²) in [4.78, 5) is 0. The van der Waals surface area contributed by atoms with Gasteiger partial charge in [0.25, 0.3) is 0 Å². The molecule has 0 rings (SSSR count). The van der Waals surface area contributed by atoms with Crippen LogP contribution in [0.3, 0.4) is 0 Å². The second-order valence-electron chi connectivity index (χ2n) is 0. The molecule has 4 heteroatoms. The van der Waals surface area contributed by atoms with Gasteiger partial charge in [0.1, 0.15) is 0 Å². The van der Waals surface area contributed by atoms with Crippen LogP contribution >= 0.6 is 0 Å². The van der Waals surface area contributed by atoms with Crippen LogP contribution in [0.15, 0.2) is 0 Å². The average Bonchev–Trinajstić information content (AvgIpc) is 0. The fraction of sp³-hybridized carbons (Fsp3) is 0. The van der Waals surface area contributed by atoms with E-state index in [1.807, 2.05) is 0 Å².